The van der Waals surface area contributed by atoms with E-state index in [1.807, 2.05) is 0 Å². The van der Waals surface area contributed by atoms with Gasteiger partial charge in [-0.05, 0) is 88.7 Å². The van der Waals surface area contributed by atoms with Crippen LogP contribution in [0.25, 0.3) is 65.8 Å². The standard InChI is InChI=1S/C35H26N2/c1-3-9-23(4-2)24-14-16-25(17-15-24)28-18-19-33-30(21-28)29-20-26-10-5-6-11-27(26)22-31(29)35-36-32-12-7-8-13-34(32)37(33)35/h3-22H,1-2H3/b9-3-,23-4+. The van der Waals surface area contributed by atoms with Gasteiger partial charge in [0.2, 0.25) is 0 Å². The van der Waals surface area contributed by atoms with Gasteiger partial charge < -0.3 is 0 Å². The molecule has 0 unspecified atom stereocenters. The Morgan fingerprint density at radius 3 is 2.11 bits per heavy atom. The summed E-state index contributed by atoms with van der Waals surface area (Å²) in [5.41, 5.74) is 9.23. The highest BCUT2D eigenvalue weighted by atomic mass is 15.0. The van der Waals surface area contributed by atoms with Crippen molar-refractivity contribution in [1.82, 2.24) is 9.38 Å². The van der Waals surface area contributed by atoms with Gasteiger partial charge in [-0.25, -0.2) is 4.98 Å². The fourth-order valence-electron chi connectivity index (χ4n) is 5.62. The molecule has 0 N–H and O–H groups in total. The van der Waals surface area contributed by atoms with Crippen molar-refractivity contribution in [3.05, 3.63) is 127 Å². The second-order valence-corrected chi connectivity index (χ2v) is 9.56. The van der Waals surface area contributed by atoms with Crippen molar-refractivity contribution in [2.45, 2.75) is 13.8 Å². The van der Waals surface area contributed by atoms with Crippen LogP contribution in [0.15, 0.2) is 121 Å². The lowest BCUT2D eigenvalue weighted by molar-refractivity contribution is 1.32. The number of fused-ring (bicyclic) bond motifs is 9. The molecule has 0 radical (unpaired) electrons. The molecule has 2 heterocycles. The molecule has 0 amide bonds. The van der Waals surface area contributed by atoms with Crippen molar-refractivity contribution in [2.75, 3.05) is 0 Å². The normalized spacial score (nSPS) is 12.6. The van der Waals surface area contributed by atoms with Gasteiger partial charge in [-0.2, -0.15) is 0 Å². The van der Waals surface area contributed by atoms with Gasteiger partial charge in [0.1, 0.15) is 5.65 Å². The fraction of sp³-hybridized carbons (Fsp3) is 0.0571. The van der Waals surface area contributed by atoms with Gasteiger partial charge in [0.15, 0.2) is 0 Å². The van der Waals surface area contributed by atoms with Crippen LogP contribution in [0.1, 0.15) is 19.4 Å². The summed E-state index contributed by atoms with van der Waals surface area (Å²) in [5, 5.41) is 6.13. The van der Waals surface area contributed by atoms with Gasteiger partial charge in [-0.3, -0.25) is 4.40 Å². The van der Waals surface area contributed by atoms with Crippen LogP contribution in [0.2, 0.25) is 0 Å². The molecule has 2 heteroatoms. The maximum atomic E-state index is 5.08. The van der Waals surface area contributed by atoms with Gasteiger partial charge in [0.25, 0.3) is 0 Å². The number of rotatable bonds is 3. The highest BCUT2D eigenvalue weighted by Crippen LogP contribution is 2.37. The topological polar surface area (TPSA) is 17.3 Å². The predicted molar refractivity (Wildman–Crippen MR) is 159 cm³/mol. The lowest BCUT2D eigenvalue weighted by atomic mass is 9.96. The molecule has 0 bridgehead atoms. The van der Waals surface area contributed by atoms with Crippen molar-refractivity contribution >= 4 is 54.7 Å². The first-order valence-corrected chi connectivity index (χ1v) is 12.8. The van der Waals surface area contributed by atoms with Gasteiger partial charge >= 0.3 is 0 Å². The van der Waals surface area contributed by atoms with E-state index in [1.165, 1.54) is 54.7 Å². The van der Waals surface area contributed by atoms with Crippen LogP contribution < -0.4 is 0 Å². The molecule has 0 aliphatic heterocycles. The minimum atomic E-state index is 1.01. The van der Waals surface area contributed by atoms with Crippen molar-refractivity contribution < 1.29 is 0 Å². The van der Waals surface area contributed by atoms with E-state index in [-0.39, 0.29) is 0 Å². The molecule has 7 rings (SSSR count). The monoisotopic (exact) mass is 474 g/mol. The molecule has 0 aliphatic rings. The highest BCUT2D eigenvalue weighted by Gasteiger charge is 2.15. The lowest BCUT2D eigenvalue weighted by Crippen LogP contribution is -1.93. The number of imidazole rings is 1. The Labute approximate surface area is 215 Å². The fourth-order valence-corrected chi connectivity index (χ4v) is 5.62. The summed E-state index contributed by atoms with van der Waals surface area (Å²) in [7, 11) is 0. The zero-order valence-electron chi connectivity index (χ0n) is 20.9. The number of aromatic nitrogens is 2. The quantitative estimate of drug-likeness (QED) is 0.142. The average Bonchev–Trinajstić information content (AvgIpc) is 3.35. The van der Waals surface area contributed by atoms with E-state index < -0.39 is 0 Å². The Hall–Kier alpha value is -4.69. The first-order chi connectivity index (χ1) is 18.2. The molecule has 0 atom stereocenters. The van der Waals surface area contributed by atoms with Crippen LogP contribution in [0.4, 0.5) is 0 Å². The van der Waals surface area contributed by atoms with Gasteiger partial charge in [0, 0.05) is 10.8 Å². The number of pyridine rings is 1. The lowest BCUT2D eigenvalue weighted by Gasteiger charge is -2.13. The Bertz CT molecular complexity index is 2040. The summed E-state index contributed by atoms with van der Waals surface area (Å²) in [6.07, 6.45) is 6.40. The van der Waals surface area contributed by atoms with Crippen molar-refractivity contribution in [3.63, 3.8) is 0 Å². The van der Waals surface area contributed by atoms with Crippen molar-refractivity contribution in [2.24, 2.45) is 0 Å². The highest BCUT2D eigenvalue weighted by molar-refractivity contribution is 6.18. The third-order valence-electron chi connectivity index (χ3n) is 7.42. The van der Waals surface area contributed by atoms with Gasteiger partial charge in [-0.1, -0.05) is 85.0 Å². The first-order valence-electron chi connectivity index (χ1n) is 12.8. The minimum Gasteiger partial charge on any atom is -0.292 e. The van der Waals surface area contributed by atoms with Gasteiger partial charge in [0.05, 0.1) is 16.6 Å². The molecule has 176 valence electrons. The van der Waals surface area contributed by atoms with Crippen LogP contribution in [0, 0.1) is 0 Å². The van der Waals surface area contributed by atoms with Crippen LogP contribution >= 0.6 is 0 Å². The zero-order chi connectivity index (χ0) is 24.9. The van der Waals surface area contributed by atoms with Crippen molar-refractivity contribution in [3.8, 4) is 11.1 Å². The Balaban J connectivity index is 1.53. The second kappa shape index (κ2) is 8.46. The minimum absolute atomic E-state index is 1.01. The van der Waals surface area contributed by atoms with E-state index in [4.69, 9.17) is 4.98 Å². The number of para-hydroxylation sites is 2. The molecular formula is C35H26N2. The molecule has 2 nitrogen and oxygen atoms in total. The Morgan fingerprint density at radius 2 is 1.35 bits per heavy atom. The average molecular weight is 475 g/mol. The van der Waals surface area contributed by atoms with Crippen LogP contribution in [-0.4, -0.2) is 9.38 Å². The summed E-state index contributed by atoms with van der Waals surface area (Å²) in [5.74, 6) is 0. The summed E-state index contributed by atoms with van der Waals surface area (Å²) in [6.45, 7) is 4.14. The summed E-state index contributed by atoms with van der Waals surface area (Å²) in [6, 6.07) is 37.4. The van der Waals surface area contributed by atoms with Crippen LogP contribution in [0.5, 0.6) is 0 Å². The van der Waals surface area contributed by atoms with E-state index in [0.29, 0.717) is 0 Å². The van der Waals surface area contributed by atoms with Gasteiger partial charge in [-0.15, -0.1) is 0 Å². The van der Waals surface area contributed by atoms with E-state index in [9.17, 15) is 0 Å². The van der Waals surface area contributed by atoms with Crippen LogP contribution in [-0.2, 0) is 0 Å². The molecule has 7 aromatic rings. The second-order valence-electron chi connectivity index (χ2n) is 9.56. The summed E-state index contributed by atoms with van der Waals surface area (Å²) < 4.78 is 2.32. The maximum absolute atomic E-state index is 5.08. The summed E-state index contributed by atoms with van der Waals surface area (Å²) in [4.78, 5) is 5.08. The number of nitrogens with zero attached hydrogens (tertiary/aromatic N) is 2. The Morgan fingerprint density at radius 1 is 0.649 bits per heavy atom. The summed E-state index contributed by atoms with van der Waals surface area (Å²) >= 11 is 0. The first kappa shape index (κ1) is 21.6. The molecule has 37 heavy (non-hydrogen) atoms. The molecule has 0 saturated carbocycles. The zero-order valence-corrected chi connectivity index (χ0v) is 20.9. The number of allylic oxidation sites excluding steroid dienone is 4. The van der Waals surface area contributed by atoms with E-state index >= 15 is 0 Å². The SMILES string of the molecule is C/C=C\C(=C/C)c1ccc(-c2ccc3c(c2)c2cc4ccccc4cc2c2nc4ccccc4n32)cc1. The smallest absolute Gasteiger partial charge is 0.146 e. The molecule has 2 aromatic heterocycles. The van der Waals surface area contributed by atoms with E-state index in [1.54, 1.807) is 0 Å². The maximum Gasteiger partial charge on any atom is 0.146 e. The third-order valence-corrected chi connectivity index (χ3v) is 7.42. The van der Waals surface area contributed by atoms with Crippen LogP contribution in [0.3, 0.4) is 0 Å². The molecule has 0 aliphatic carbocycles. The van der Waals surface area contributed by atoms with E-state index in [2.05, 4.69) is 140 Å². The van der Waals surface area contributed by atoms with Crippen molar-refractivity contribution in [1.29, 1.82) is 0 Å². The molecule has 5 aromatic carbocycles. The molecule has 0 saturated heterocycles. The largest absolute Gasteiger partial charge is 0.292 e. The molecule has 0 spiro atoms. The molecular weight excluding hydrogens is 448 g/mol. The number of hydrogen-bond donors (Lipinski definition) is 0. The number of benzene rings is 5. The Kier molecular flexibility index (Phi) is 4.93. The molecule has 0 fully saturated rings. The number of hydrogen-bond acceptors (Lipinski definition) is 1. The predicted octanol–water partition coefficient (Wildman–Crippen LogP) is 9.59. The van der Waals surface area contributed by atoms with E-state index in [0.717, 1.165) is 16.7 Å². The third kappa shape index (κ3) is 3.37.